The number of amides is 1. The van der Waals surface area contributed by atoms with Gasteiger partial charge in [-0.2, -0.15) is 0 Å². The summed E-state index contributed by atoms with van der Waals surface area (Å²) in [6.45, 7) is 4.49. The maximum Gasteiger partial charge on any atom is 0.234 e. The minimum Gasteiger partial charge on any atom is -0.351 e. The molecule has 0 unspecified atom stereocenters. The van der Waals surface area contributed by atoms with Crippen LogP contribution in [0.4, 0.5) is 0 Å². The highest BCUT2D eigenvalue weighted by Gasteiger charge is 2.29. The molecule has 0 bridgehead atoms. The molecule has 2 atom stereocenters. The van der Waals surface area contributed by atoms with E-state index in [1.807, 2.05) is 0 Å². The summed E-state index contributed by atoms with van der Waals surface area (Å²) in [5.74, 6) is 1.15. The van der Waals surface area contributed by atoms with E-state index in [2.05, 4.69) is 48.7 Å². The molecule has 3 rings (SSSR count). The van der Waals surface area contributed by atoms with Crippen LogP contribution >= 0.6 is 0 Å². The molecule has 1 amide bonds. The fourth-order valence-electron chi connectivity index (χ4n) is 4.54. The van der Waals surface area contributed by atoms with Crippen molar-refractivity contribution < 1.29 is 13.2 Å². The largest absolute Gasteiger partial charge is 0.351 e. The van der Waals surface area contributed by atoms with Gasteiger partial charge in [-0.1, -0.05) is 57.4 Å². The van der Waals surface area contributed by atoms with Crippen molar-refractivity contribution >= 4 is 15.7 Å². The van der Waals surface area contributed by atoms with E-state index in [0.717, 1.165) is 0 Å². The van der Waals surface area contributed by atoms with E-state index in [4.69, 9.17) is 0 Å². The van der Waals surface area contributed by atoms with Gasteiger partial charge in [-0.05, 0) is 42.2 Å². The Morgan fingerprint density at radius 2 is 1.75 bits per heavy atom. The van der Waals surface area contributed by atoms with Crippen molar-refractivity contribution in [2.45, 2.75) is 70.4 Å². The summed E-state index contributed by atoms with van der Waals surface area (Å²) in [7, 11) is -2.98. The van der Waals surface area contributed by atoms with Crippen LogP contribution in [-0.2, 0) is 14.6 Å². The number of hydrogen-bond acceptors (Lipinski definition) is 4. The van der Waals surface area contributed by atoms with Gasteiger partial charge in [0.15, 0.2) is 9.84 Å². The van der Waals surface area contributed by atoms with Gasteiger partial charge in [-0.15, -0.1) is 0 Å². The average Bonchev–Trinajstić information content (AvgIpc) is 3.01. The molecule has 2 aliphatic rings. The van der Waals surface area contributed by atoms with Gasteiger partial charge >= 0.3 is 0 Å². The van der Waals surface area contributed by atoms with Crippen LogP contribution in [0.2, 0.25) is 0 Å². The monoisotopic (exact) mass is 406 g/mol. The van der Waals surface area contributed by atoms with Gasteiger partial charge in [0.25, 0.3) is 0 Å². The first-order chi connectivity index (χ1) is 13.3. The molecule has 0 aromatic heterocycles. The van der Waals surface area contributed by atoms with Gasteiger partial charge < -0.3 is 10.6 Å². The first kappa shape index (κ1) is 21.3. The molecule has 1 saturated heterocycles. The Balaban J connectivity index is 1.55. The summed E-state index contributed by atoms with van der Waals surface area (Å²) in [6.07, 6.45) is 7.14. The minimum absolute atomic E-state index is 0.0645. The van der Waals surface area contributed by atoms with Gasteiger partial charge in [0.2, 0.25) is 5.91 Å². The quantitative estimate of drug-likeness (QED) is 0.728. The van der Waals surface area contributed by atoms with Crippen LogP contribution in [0.5, 0.6) is 0 Å². The van der Waals surface area contributed by atoms with Crippen molar-refractivity contribution in [3.63, 3.8) is 0 Å². The van der Waals surface area contributed by atoms with Crippen LogP contribution in [-0.4, -0.2) is 38.4 Å². The Morgan fingerprint density at radius 1 is 1.07 bits per heavy atom. The fraction of sp³-hybridized carbons (Fsp3) is 0.682. The summed E-state index contributed by atoms with van der Waals surface area (Å²) in [4.78, 5) is 12.3. The van der Waals surface area contributed by atoms with Crippen molar-refractivity contribution in [2.24, 2.45) is 5.92 Å². The van der Waals surface area contributed by atoms with Crippen LogP contribution < -0.4 is 10.6 Å². The summed E-state index contributed by atoms with van der Waals surface area (Å²) in [5.41, 5.74) is 2.64. The normalized spacial score (nSPS) is 23.6. The molecule has 1 aliphatic carbocycles. The lowest BCUT2D eigenvalue weighted by atomic mass is 9.83. The van der Waals surface area contributed by atoms with E-state index >= 15 is 0 Å². The SMILES string of the molecule is CC(C)[C@H](NCC(=O)N[C@H]1CCS(=O)(=O)C1)c1ccc(C2CCCCC2)cc1. The lowest BCUT2D eigenvalue weighted by Crippen LogP contribution is -2.42. The Kier molecular flexibility index (Phi) is 7.15. The van der Waals surface area contributed by atoms with Crippen molar-refractivity contribution in [1.82, 2.24) is 10.6 Å². The first-order valence-electron chi connectivity index (χ1n) is 10.7. The molecule has 2 N–H and O–H groups in total. The highest BCUT2D eigenvalue weighted by atomic mass is 32.2. The van der Waals surface area contributed by atoms with Gasteiger partial charge in [0.1, 0.15) is 0 Å². The number of carbonyl (C=O) groups excluding carboxylic acids is 1. The molecular formula is C22H34N2O3S. The molecule has 0 spiro atoms. The number of hydrogen-bond donors (Lipinski definition) is 2. The van der Waals surface area contributed by atoms with Gasteiger partial charge in [0.05, 0.1) is 18.1 Å². The number of rotatable bonds is 7. The molecule has 1 aliphatic heterocycles. The molecule has 1 aromatic carbocycles. The standard InChI is InChI=1S/C22H34N2O3S/c1-16(2)22(23-14-21(25)24-20-12-13-28(26,27)15-20)19-10-8-18(9-11-19)17-6-4-3-5-7-17/h8-11,16-17,20,22-23H,3-7,12-15H2,1-2H3,(H,24,25)/t20-,22-/m0/s1. The van der Waals surface area contributed by atoms with Crippen molar-refractivity contribution in [3.8, 4) is 0 Å². The molecule has 1 aromatic rings. The summed E-state index contributed by atoms with van der Waals surface area (Å²) < 4.78 is 23.1. The predicted molar refractivity (Wildman–Crippen MR) is 113 cm³/mol. The number of sulfone groups is 1. The highest BCUT2D eigenvalue weighted by Crippen LogP contribution is 2.33. The minimum atomic E-state index is -2.98. The van der Waals surface area contributed by atoms with Crippen LogP contribution in [0.1, 0.15) is 75.5 Å². The zero-order valence-electron chi connectivity index (χ0n) is 17.1. The third-order valence-electron chi connectivity index (χ3n) is 6.12. The molecule has 28 heavy (non-hydrogen) atoms. The first-order valence-corrected chi connectivity index (χ1v) is 12.5. The van der Waals surface area contributed by atoms with Gasteiger partial charge in [-0.25, -0.2) is 8.42 Å². The molecule has 6 heteroatoms. The van der Waals surface area contributed by atoms with E-state index in [0.29, 0.717) is 18.3 Å². The molecule has 1 heterocycles. The Morgan fingerprint density at radius 3 is 2.32 bits per heavy atom. The Hall–Kier alpha value is -1.40. The van der Waals surface area contributed by atoms with Crippen LogP contribution in [0.3, 0.4) is 0 Å². The Bertz CT molecular complexity index is 752. The molecule has 5 nitrogen and oxygen atoms in total. The maximum atomic E-state index is 12.3. The number of benzene rings is 1. The van der Waals surface area contributed by atoms with E-state index in [1.165, 1.54) is 43.2 Å². The number of carbonyl (C=O) groups is 1. The van der Waals surface area contributed by atoms with Crippen molar-refractivity contribution in [1.29, 1.82) is 0 Å². The van der Waals surface area contributed by atoms with Gasteiger partial charge in [0, 0.05) is 12.1 Å². The van der Waals surface area contributed by atoms with E-state index < -0.39 is 9.84 Å². The van der Waals surface area contributed by atoms with Crippen LogP contribution in [0.15, 0.2) is 24.3 Å². The van der Waals surface area contributed by atoms with Crippen LogP contribution in [0, 0.1) is 5.92 Å². The van der Waals surface area contributed by atoms with E-state index in [-0.39, 0.29) is 36.0 Å². The molecule has 0 radical (unpaired) electrons. The van der Waals surface area contributed by atoms with Crippen molar-refractivity contribution in [3.05, 3.63) is 35.4 Å². The van der Waals surface area contributed by atoms with E-state index in [9.17, 15) is 13.2 Å². The summed E-state index contributed by atoms with van der Waals surface area (Å²) in [5, 5.41) is 6.22. The topological polar surface area (TPSA) is 75.3 Å². The molecule has 2 fully saturated rings. The zero-order chi connectivity index (χ0) is 20.1. The van der Waals surface area contributed by atoms with Gasteiger partial charge in [-0.3, -0.25) is 4.79 Å². The second-order valence-electron chi connectivity index (χ2n) is 8.77. The third-order valence-corrected chi connectivity index (χ3v) is 7.89. The smallest absolute Gasteiger partial charge is 0.234 e. The second-order valence-corrected chi connectivity index (χ2v) is 11.0. The molecular weight excluding hydrogens is 372 g/mol. The summed E-state index contributed by atoms with van der Waals surface area (Å²) >= 11 is 0. The van der Waals surface area contributed by atoms with E-state index in [1.54, 1.807) is 0 Å². The Labute approximate surface area is 169 Å². The van der Waals surface area contributed by atoms with Crippen molar-refractivity contribution in [2.75, 3.05) is 18.1 Å². The number of nitrogens with one attached hydrogen (secondary N) is 2. The second kappa shape index (κ2) is 9.40. The summed E-state index contributed by atoms with van der Waals surface area (Å²) in [6, 6.07) is 8.76. The fourth-order valence-corrected chi connectivity index (χ4v) is 6.21. The highest BCUT2D eigenvalue weighted by molar-refractivity contribution is 7.91. The third kappa shape index (κ3) is 5.80. The zero-order valence-corrected chi connectivity index (χ0v) is 17.9. The lowest BCUT2D eigenvalue weighted by Gasteiger charge is -2.25. The average molecular weight is 407 g/mol. The van der Waals surface area contributed by atoms with Crippen LogP contribution in [0.25, 0.3) is 0 Å². The molecule has 1 saturated carbocycles. The maximum absolute atomic E-state index is 12.3. The molecule has 156 valence electrons. The lowest BCUT2D eigenvalue weighted by molar-refractivity contribution is -0.121. The predicted octanol–water partition coefficient (Wildman–Crippen LogP) is 3.32.